The summed E-state index contributed by atoms with van der Waals surface area (Å²) in [7, 11) is 0. The Morgan fingerprint density at radius 2 is 0.720 bits per heavy atom. The Morgan fingerprint density at radius 3 is 1.05 bits per heavy atom. The summed E-state index contributed by atoms with van der Waals surface area (Å²) in [4.78, 5) is 27.2. The second-order valence-corrected chi connectivity index (χ2v) is 24.2. The van der Waals surface area contributed by atoms with Crippen molar-refractivity contribution in [2.24, 2.45) is 0 Å². The van der Waals surface area contributed by atoms with Crippen molar-refractivity contribution in [1.29, 1.82) is 0 Å². The molecule has 75 heavy (non-hydrogen) atoms. The first-order valence-electron chi connectivity index (χ1n) is 33.6. The van der Waals surface area contributed by atoms with Gasteiger partial charge in [0.25, 0.3) is 0 Å². The highest BCUT2D eigenvalue weighted by molar-refractivity contribution is 5.84. The predicted molar refractivity (Wildman–Crippen MR) is 317 cm³/mol. The van der Waals surface area contributed by atoms with Crippen LogP contribution in [0, 0.1) is 0 Å². The molecule has 0 saturated heterocycles. The van der Waals surface area contributed by atoms with Crippen molar-refractivity contribution in [2.45, 2.75) is 411 Å². The van der Waals surface area contributed by atoms with Gasteiger partial charge in [0.15, 0.2) is 12.6 Å². The molecule has 5 atom stereocenters. The lowest BCUT2D eigenvalue weighted by atomic mass is 9.85. The average Bonchev–Trinajstić information content (AvgIpc) is 3.60. The lowest BCUT2D eigenvalue weighted by Crippen LogP contribution is -2.50. The third-order valence-electron chi connectivity index (χ3n) is 17.1. The molecule has 9 heteroatoms. The molecule has 9 nitrogen and oxygen atoms in total. The molecule has 1 amide bonds. The second kappa shape index (κ2) is 47.5. The Hall–Kier alpha value is -1.26. The maximum atomic E-state index is 14.1. The van der Waals surface area contributed by atoms with Gasteiger partial charge < -0.3 is 29.4 Å². The fourth-order valence-electron chi connectivity index (χ4n) is 12.2. The zero-order valence-corrected chi connectivity index (χ0v) is 50.8. The van der Waals surface area contributed by atoms with Crippen LogP contribution in [-0.2, 0) is 28.5 Å². The standard InChI is InChI=1S/C66H128N2O7/c1-7-13-17-21-25-33-41-49-62(74-65(51-43-35-27-23-19-15-9-3)53-45-37-29-30-38-46-54-65)72-60(11-5)67-58(64(70)71)57-59(69)68-61(12-6)73-63(50-42-34-26-22-18-14-8-2)75-66(52-44-36-28-24-20-16-10-4)55-47-39-31-32-40-48-56-66/h58,60-63,67H,7-57H2,1-6H3,(H,68,69)(H,70,71). The van der Waals surface area contributed by atoms with Crippen molar-refractivity contribution in [3.8, 4) is 0 Å². The van der Waals surface area contributed by atoms with E-state index in [9.17, 15) is 14.7 Å². The Bertz CT molecular complexity index is 1280. The van der Waals surface area contributed by atoms with Crippen molar-refractivity contribution >= 4 is 11.9 Å². The summed E-state index contributed by atoms with van der Waals surface area (Å²) >= 11 is 0. The van der Waals surface area contributed by atoms with Crippen LogP contribution in [-0.4, -0.2) is 59.3 Å². The van der Waals surface area contributed by atoms with Crippen LogP contribution in [0.25, 0.3) is 0 Å². The highest BCUT2D eigenvalue weighted by atomic mass is 16.7. The third kappa shape index (κ3) is 35.9. The van der Waals surface area contributed by atoms with Crippen molar-refractivity contribution in [3.63, 3.8) is 0 Å². The largest absolute Gasteiger partial charge is 0.480 e. The van der Waals surface area contributed by atoms with Crippen LogP contribution in [0.15, 0.2) is 0 Å². The van der Waals surface area contributed by atoms with Crippen LogP contribution in [0.4, 0.5) is 0 Å². The van der Waals surface area contributed by atoms with E-state index in [0.29, 0.717) is 12.8 Å². The van der Waals surface area contributed by atoms with Gasteiger partial charge in [0.2, 0.25) is 5.91 Å². The van der Waals surface area contributed by atoms with Gasteiger partial charge in [0, 0.05) is 0 Å². The monoisotopic (exact) mass is 1060 g/mol. The first-order chi connectivity index (χ1) is 36.7. The number of carboxylic acids is 1. The number of carbonyl (C=O) groups excluding carboxylic acids is 1. The summed E-state index contributed by atoms with van der Waals surface area (Å²) < 4.78 is 28.6. The zero-order valence-electron chi connectivity index (χ0n) is 50.8. The SMILES string of the molecule is CCCCCCCCCC(OC(CC)NC(=O)CC(NC(CC)OC(CCCCCCCCC)OC1(CCCCCCCCC)CCCCCCCC1)C(=O)O)OC1(CCCCCCCCC)CCCCCCCC1. The van der Waals surface area contributed by atoms with Gasteiger partial charge in [-0.15, -0.1) is 0 Å². The molecule has 2 aliphatic carbocycles. The Balaban J connectivity index is 2.27. The number of aliphatic carboxylic acids is 1. The van der Waals surface area contributed by atoms with E-state index in [4.69, 9.17) is 18.9 Å². The van der Waals surface area contributed by atoms with Gasteiger partial charge in [-0.1, -0.05) is 286 Å². The number of carboxylic acid groups (broad SMARTS) is 1. The van der Waals surface area contributed by atoms with Gasteiger partial charge in [0.05, 0.1) is 17.6 Å². The highest BCUT2D eigenvalue weighted by Gasteiger charge is 2.37. The average molecular weight is 1060 g/mol. The molecule has 2 fully saturated rings. The van der Waals surface area contributed by atoms with Gasteiger partial charge in [-0.05, 0) is 77.0 Å². The fraction of sp³-hybridized carbons (Fsp3) is 0.970. The molecule has 3 N–H and O–H groups in total. The lowest BCUT2D eigenvalue weighted by Gasteiger charge is -2.39. The van der Waals surface area contributed by atoms with E-state index in [0.717, 1.165) is 77.0 Å². The molecule has 2 aliphatic rings. The molecule has 2 rings (SSSR count). The molecule has 0 radical (unpaired) electrons. The summed E-state index contributed by atoms with van der Waals surface area (Å²) in [5.74, 6) is -1.38. The molecule has 444 valence electrons. The normalized spacial score (nSPS) is 18.6. The molecule has 0 aromatic rings. The number of rotatable bonds is 48. The van der Waals surface area contributed by atoms with Crippen molar-refractivity contribution in [3.05, 3.63) is 0 Å². The third-order valence-corrected chi connectivity index (χ3v) is 17.1. The molecular formula is C66H128N2O7. The van der Waals surface area contributed by atoms with E-state index in [1.165, 1.54) is 231 Å². The Labute approximate surface area is 465 Å². The number of amides is 1. The molecule has 0 heterocycles. The first kappa shape index (κ1) is 69.8. The van der Waals surface area contributed by atoms with Crippen LogP contribution in [0.2, 0.25) is 0 Å². The lowest BCUT2D eigenvalue weighted by molar-refractivity contribution is -0.244. The summed E-state index contributed by atoms with van der Waals surface area (Å²) in [6.07, 6.45) is 56.8. The van der Waals surface area contributed by atoms with E-state index >= 15 is 0 Å². The Kier molecular flexibility index (Phi) is 44.3. The number of hydrogen-bond donors (Lipinski definition) is 3. The number of nitrogens with one attached hydrogen (secondary N) is 2. The topological polar surface area (TPSA) is 115 Å². The summed E-state index contributed by atoms with van der Waals surface area (Å²) in [5, 5.41) is 17.2. The van der Waals surface area contributed by atoms with Gasteiger partial charge in [-0.2, -0.15) is 0 Å². The molecule has 5 unspecified atom stereocenters. The van der Waals surface area contributed by atoms with Crippen LogP contribution in [0.5, 0.6) is 0 Å². The first-order valence-corrected chi connectivity index (χ1v) is 33.6. The van der Waals surface area contributed by atoms with Gasteiger partial charge in [-0.3, -0.25) is 14.9 Å². The van der Waals surface area contributed by atoms with Gasteiger partial charge in [0.1, 0.15) is 18.5 Å². The van der Waals surface area contributed by atoms with Gasteiger partial charge >= 0.3 is 5.97 Å². The van der Waals surface area contributed by atoms with Gasteiger partial charge in [-0.25, -0.2) is 0 Å². The molecule has 0 bridgehead atoms. The summed E-state index contributed by atoms with van der Waals surface area (Å²) in [6.45, 7) is 13.2. The summed E-state index contributed by atoms with van der Waals surface area (Å²) in [6, 6.07) is -1.12. The maximum absolute atomic E-state index is 14.1. The molecule has 0 aliphatic heterocycles. The molecule has 0 aromatic heterocycles. The smallest absolute Gasteiger partial charge is 0.321 e. The van der Waals surface area contributed by atoms with Crippen molar-refractivity contribution in [2.75, 3.05) is 0 Å². The quantitative estimate of drug-likeness (QED) is 0.0408. The highest BCUT2D eigenvalue weighted by Crippen LogP contribution is 2.38. The molecule has 0 spiro atoms. The van der Waals surface area contributed by atoms with E-state index in [1.807, 2.05) is 13.8 Å². The minimum Gasteiger partial charge on any atom is -0.480 e. The minimum atomic E-state index is -1.12. The van der Waals surface area contributed by atoms with Crippen LogP contribution < -0.4 is 10.6 Å². The molecular weight excluding hydrogens is 933 g/mol. The minimum absolute atomic E-state index is 0.214. The van der Waals surface area contributed by atoms with Crippen LogP contribution in [0.1, 0.15) is 369 Å². The maximum Gasteiger partial charge on any atom is 0.321 e. The molecule has 0 aromatic carbocycles. The van der Waals surface area contributed by atoms with E-state index in [1.54, 1.807) is 0 Å². The summed E-state index contributed by atoms with van der Waals surface area (Å²) in [5.41, 5.74) is -0.439. The van der Waals surface area contributed by atoms with E-state index in [2.05, 4.69) is 38.3 Å². The van der Waals surface area contributed by atoms with E-state index in [-0.39, 0.29) is 23.5 Å². The van der Waals surface area contributed by atoms with Crippen LogP contribution in [0.3, 0.4) is 0 Å². The number of hydrogen-bond acceptors (Lipinski definition) is 7. The number of ether oxygens (including phenoxy) is 4. The van der Waals surface area contributed by atoms with Crippen molar-refractivity contribution < 1.29 is 33.6 Å². The van der Waals surface area contributed by atoms with Crippen LogP contribution >= 0.6 is 0 Å². The zero-order chi connectivity index (χ0) is 54.3. The predicted octanol–water partition coefficient (Wildman–Crippen LogP) is 20.0. The van der Waals surface area contributed by atoms with E-state index < -0.39 is 37.0 Å². The second-order valence-electron chi connectivity index (χ2n) is 24.2. The number of unbranched alkanes of at least 4 members (excludes halogenated alkanes) is 24. The Morgan fingerprint density at radius 1 is 0.413 bits per heavy atom. The fourth-order valence-corrected chi connectivity index (χ4v) is 12.2. The van der Waals surface area contributed by atoms with Crippen molar-refractivity contribution in [1.82, 2.24) is 10.6 Å². The number of carbonyl (C=O) groups is 2. The molecule has 2 saturated carbocycles.